The molecule has 3 heteroatoms. The minimum absolute atomic E-state index is 1.13. The lowest BCUT2D eigenvalue weighted by atomic mass is 10.0. The predicted octanol–water partition coefficient (Wildman–Crippen LogP) is 2.09. The van der Waals surface area contributed by atoms with Crippen LogP contribution in [0.1, 0.15) is 11.1 Å². The molecule has 1 aliphatic heterocycles. The van der Waals surface area contributed by atoms with Gasteiger partial charge in [0.1, 0.15) is 39.3 Å². The van der Waals surface area contributed by atoms with E-state index >= 15 is 0 Å². The van der Waals surface area contributed by atoms with E-state index in [0.717, 1.165) is 13.1 Å². The van der Waals surface area contributed by atoms with Crippen LogP contribution in [0.3, 0.4) is 0 Å². The van der Waals surface area contributed by atoms with E-state index in [1.807, 2.05) is 0 Å². The summed E-state index contributed by atoms with van der Waals surface area (Å²) in [5.41, 5.74) is 2.91. The van der Waals surface area contributed by atoms with Gasteiger partial charge in [-0.15, -0.1) is 0 Å². The molecule has 0 aliphatic carbocycles. The fourth-order valence-corrected chi connectivity index (χ4v) is 4.36. The molecule has 25 heavy (non-hydrogen) atoms. The summed E-state index contributed by atoms with van der Waals surface area (Å²) in [5.74, 6) is 0. The molecule has 1 heterocycles. The van der Waals surface area contributed by atoms with Crippen LogP contribution in [0.25, 0.3) is 10.8 Å². The van der Waals surface area contributed by atoms with Crippen LogP contribution < -0.4 is 9.80 Å². The van der Waals surface area contributed by atoms with E-state index in [0.29, 0.717) is 0 Å². The van der Waals surface area contributed by atoms with Crippen molar-refractivity contribution in [3.8, 4) is 0 Å². The lowest BCUT2D eigenvalue weighted by Crippen LogP contribution is -3.27. The summed E-state index contributed by atoms with van der Waals surface area (Å²) in [6.45, 7) is 7.28. The lowest BCUT2D eigenvalue weighted by Gasteiger charge is -2.30. The molecule has 0 spiro atoms. The third-order valence-electron chi connectivity index (χ3n) is 5.38. The van der Waals surface area contributed by atoms with Crippen LogP contribution >= 0.6 is 15.9 Å². The number of benzene rings is 3. The number of fused-ring (bicyclic) bond motifs is 1. The van der Waals surface area contributed by atoms with Crippen molar-refractivity contribution in [2.75, 3.05) is 26.2 Å². The Morgan fingerprint density at radius 2 is 1.20 bits per heavy atom. The Morgan fingerprint density at radius 1 is 0.640 bits per heavy atom. The Balaban J connectivity index is 1.38. The molecule has 3 aromatic carbocycles. The van der Waals surface area contributed by atoms with Gasteiger partial charge in [-0.05, 0) is 16.8 Å². The first-order valence-corrected chi connectivity index (χ1v) is 9.96. The van der Waals surface area contributed by atoms with Gasteiger partial charge in [0.15, 0.2) is 0 Å². The van der Waals surface area contributed by atoms with Gasteiger partial charge in [-0.25, -0.2) is 0 Å². The summed E-state index contributed by atoms with van der Waals surface area (Å²) in [6, 6.07) is 24.1. The van der Waals surface area contributed by atoms with Crippen molar-refractivity contribution in [3.05, 3.63) is 82.3 Å². The Morgan fingerprint density at radius 3 is 1.96 bits per heavy atom. The van der Waals surface area contributed by atoms with Crippen molar-refractivity contribution < 1.29 is 9.80 Å². The third-order valence-corrected chi connectivity index (χ3v) is 6.16. The molecule has 0 atom stereocenters. The number of rotatable bonds is 4. The second-order valence-electron chi connectivity index (χ2n) is 7.08. The molecule has 2 nitrogen and oxygen atoms in total. The third kappa shape index (κ3) is 3.95. The average Bonchev–Trinajstić information content (AvgIpc) is 2.65. The van der Waals surface area contributed by atoms with E-state index < -0.39 is 0 Å². The number of halogens is 1. The van der Waals surface area contributed by atoms with Crippen molar-refractivity contribution in [2.24, 2.45) is 0 Å². The van der Waals surface area contributed by atoms with Crippen LogP contribution in [0, 0.1) is 0 Å². The highest BCUT2D eigenvalue weighted by molar-refractivity contribution is 9.10. The first-order chi connectivity index (χ1) is 12.3. The zero-order valence-electron chi connectivity index (χ0n) is 14.5. The first kappa shape index (κ1) is 16.8. The highest BCUT2D eigenvalue weighted by atomic mass is 79.9. The summed E-state index contributed by atoms with van der Waals surface area (Å²) in [5, 5.41) is 2.78. The van der Waals surface area contributed by atoms with E-state index in [2.05, 4.69) is 82.7 Å². The van der Waals surface area contributed by atoms with Crippen molar-refractivity contribution in [2.45, 2.75) is 13.1 Å². The fourth-order valence-electron chi connectivity index (χ4n) is 3.94. The quantitative estimate of drug-likeness (QED) is 0.667. The van der Waals surface area contributed by atoms with Crippen LogP contribution in [0.5, 0.6) is 0 Å². The number of piperazine rings is 1. The highest BCUT2D eigenvalue weighted by Crippen LogP contribution is 2.17. The van der Waals surface area contributed by atoms with Gasteiger partial charge in [0.2, 0.25) is 0 Å². The molecule has 0 unspecified atom stereocenters. The zero-order valence-corrected chi connectivity index (χ0v) is 16.1. The molecule has 0 aromatic heterocycles. The zero-order chi connectivity index (χ0) is 17.1. The van der Waals surface area contributed by atoms with Crippen LogP contribution in [-0.2, 0) is 13.1 Å². The summed E-state index contributed by atoms with van der Waals surface area (Å²) in [6.07, 6.45) is 0. The van der Waals surface area contributed by atoms with Crippen molar-refractivity contribution in [3.63, 3.8) is 0 Å². The van der Waals surface area contributed by atoms with Gasteiger partial charge in [0.25, 0.3) is 0 Å². The summed E-state index contributed by atoms with van der Waals surface area (Å²) in [7, 11) is 0. The van der Waals surface area contributed by atoms with Crippen LogP contribution in [-0.4, -0.2) is 26.2 Å². The van der Waals surface area contributed by atoms with Crippen LogP contribution in [0.2, 0.25) is 0 Å². The van der Waals surface area contributed by atoms with E-state index in [9.17, 15) is 0 Å². The fraction of sp³-hybridized carbons (Fsp3) is 0.273. The van der Waals surface area contributed by atoms with Gasteiger partial charge < -0.3 is 9.80 Å². The SMILES string of the molecule is Brc1ccccc1C[NH+]1CC[NH+](Cc2cccc3ccccc23)CC1. The summed E-state index contributed by atoms with van der Waals surface area (Å²) in [4.78, 5) is 3.42. The van der Waals surface area contributed by atoms with Crippen molar-refractivity contribution in [1.29, 1.82) is 0 Å². The van der Waals surface area contributed by atoms with Crippen LogP contribution in [0.15, 0.2) is 71.2 Å². The van der Waals surface area contributed by atoms with E-state index in [-0.39, 0.29) is 0 Å². The number of hydrogen-bond donors (Lipinski definition) is 2. The Kier molecular flexibility index (Phi) is 5.16. The molecule has 1 saturated heterocycles. The van der Waals surface area contributed by atoms with E-state index in [1.165, 1.54) is 52.6 Å². The molecule has 4 rings (SSSR count). The first-order valence-electron chi connectivity index (χ1n) is 9.17. The van der Waals surface area contributed by atoms with E-state index in [1.54, 1.807) is 9.80 Å². The Hall–Kier alpha value is -1.68. The smallest absolute Gasteiger partial charge is 0.127 e. The molecule has 3 aromatic rings. The van der Waals surface area contributed by atoms with Crippen LogP contribution in [0.4, 0.5) is 0 Å². The maximum absolute atomic E-state index is 3.68. The Bertz CT molecular complexity index is 848. The molecule has 2 N–H and O–H groups in total. The Labute approximate surface area is 158 Å². The number of hydrogen-bond acceptors (Lipinski definition) is 0. The van der Waals surface area contributed by atoms with Gasteiger partial charge >= 0.3 is 0 Å². The molecule has 1 fully saturated rings. The van der Waals surface area contributed by atoms with Crippen molar-refractivity contribution >= 4 is 26.7 Å². The molecular weight excluding hydrogens is 372 g/mol. The standard InChI is InChI=1S/C22H23BrN2/c23-22-11-4-2-7-20(22)17-25-14-12-24(13-15-25)16-19-9-5-8-18-6-1-3-10-21(18)19/h1-11H,12-17H2/p+2. The minimum atomic E-state index is 1.13. The largest absolute Gasteiger partial charge is 0.322 e. The van der Waals surface area contributed by atoms with Gasteiger partial charge in [-0.2, -0.15) is 0 Å². The molecule has 0 bridgehead atoms. The van der Waals surface area contributed by atoms with E-state index in [4.69, 9.17) is 0 Å². The van der Waals surface area contributed by atoms with Gasteiger partial charge in [0.05, 0.1) is 0 Å². The topological polar surface area (TPSA) is 8.88 Å². The summed E-state index contributed by atoms with van der Waals surface area (Å²) < 4.78 is 1.24. The lowest BCUT2D eigenvalue weighted by molar-refractivity contribution is -1.02. The minimum Gasteiger partial charge on any atom is -0.322 e. The summed E-state index contributed by atoms with van der Waals surface area (Å²) >= 11 is 3.68. The highest BCUT2D eigenvalue weighted by Gasteiger charge is 2.24. The number of nitrogens with one attached hydrogen (secondary N) is 2. The molecule has 0 amide bonds. The molecule has 1 aliphatic rings. The monoisotopic (exact) mass is 396 g/mol. The van der Waals surface area contributed by atoms with Gasteiger partial charge in [0, 0.05) is 15.6 Å². The molecule has 0 saturated carbocycles. The second kappa shape index (κ2) is 7.69. The maximum Gasteiger partial charge on any atom is 0.127 e. The molecule has 0 radical (unpaired) electrons. The molecule has 128 valence electrons. The molecular formula is C22H25BrN2+2. The average molecular weight is 397 g/mol. The number of quaternary nitrogens is 2. The van der Waals surface area contributed by atoms with Crippen molar-refractivity contribution in [1.82, 2.24) is 0 Å². The second-order valence-corrected chi connectivity index (χ2v) is 7.94. The van der Waals surface area contributed by atoms with Gasteiger partial charge in [-0.1, -0.05) is 76.6 Å². The van der Waals surface area contributed by atoms with Gasteiger partial charge in [-0.3, -0.25) is 0 Å². The maximum atomic E-state index is 3.68. The predicted molar refractivity (Wildman–Crippen MR) is 107 cm³/mol. The normalized spacial score (nSPS) is 20.7.